The SMILES string of the molecule is O=C1Cc2ccccc2C(=O)N1Cc1ccc(Br)s1. The van der Waals surface area contributed by atoms with Gasteiger partial charge >= 0.3 is 0 Å². The van der Waals surface area contributed by atoms with Crippen LogP contribution in [-0.4, -0.2) is 16.7 Å². The van der Waals surface area contributed by atoms with Crippen molar-refractivity contribution in [3.05, 3.63) is 56.2 Å². The second kappa shape index (κ2) is 4.90. The Morgan fingerprint density at radius 2 is 1.95 bits per heavy atom. The lowest BCUT2D eigenvalue weighted by Crippen LogP contribution is -2.41. The van der Waals surface area contributed by atoms with Crippen molar-refractivity contribution in [2.75, 3.05) is 0 Å². The van der Waals surface area contributed by atoms with Gasteiger partial charge in [0, 0.05) is 10.4 Å². The molecule has 0 N–H and O–H groups in total. The van der Waals surface area contributed by atoms with Crippen LogP contribution < -0.4 is 0 Å². The molecule has 0 unspecified atom stereocenters. The number of amides is 2. The molecule has 1 aromatic heterocycles. The van der Waals surface area contributed by atoms with Gasteiger partial charge in [0.2, 0.25) is 5.91 Å². The Balaban J connectivity index is 1.91. The predicted molar refractivity (Wildman–Crippen MR) is 77.0 cm³/mol. The fourth-order valence-electron chi connectivity index (χ4n) is 2.15. The van der Waals surface area contributed by atoms with E-state index in [9.17, 15) is 9.59 Å². The van der Waals surface area contributed by atoms with E-state index in [0.717, 1.165) is 14.2 Å². The molecule has 2 aromatic rings. The second-order valence-electron chi connectivity index (χ2n) is 4.32. The smallest absolute Gasteiger partial charge is 0.261 e. The van der Waals surface area contributed by atoms with Gasteiger partial charge in [-0.2, -0.15) is 0 Å². The van der Waals surface area contributed by atoms with Gasteiger partial charge in [-0.1, -0.05) is 18.2 Å². The van der Waals surface area contributed by atoms with E-state index in [-0.39, 0.29) is 11.8 Å². The largest absolute Gasteiger partial charge is 0.274 e. The van der Waals surface area contributed by atoms with Gasteiger partial charge in [-0.25, -0.2) is 0 Å². The number of rotatable bonds is 2. The van der Waals surface area contributed by atoms with E-state index in [0.29, 0.717) is 18.5 Å². The summed E-state index contributed by atoms with van der Waals surface area (Å²) in [5.74, 6) is -0.329. The van der Waals surface area contributed by atoms with Crippen LogP contribution in [0.15, 0.2) is 40.2 Å². The number of hydrogen-bond donors (Lipinski definition) is 0. The zero-order valence-corrected chi connectivity index (χ0v) is 12.3. The number of halogens is 1. The van der Waals surface area contributed by atoms with Crippen molar-refractivity contribution < 1.29 is 9.59 Å². The number of fused-ring (bicyclic) bond motifs is 1. The van der Waals surface area contributed by atoms with Gasteiger partial charge in [-0.15, -0.1) is 11.3 Å². The summed E-state index contributed by atoms with van der Waals surface area (Å²) in [6.45, 7) is 0.349. The molecule has 2 amide bonds. The molecule has 5 heteroatoms. The topological polar surface area (TPSA) is 37.4 Å². The first-order valence-electron chi connectivity index (χ1n) is 5.82. The maximum atomic E-state index is 12.3. The molecule has 1 aliphatic rings. The minimum absolute atomic E-state index is 0.131. The Morgan fingerprint density at radius 3 is 2.68 bits per heavy atom. The van der Waals surface area contributed by atoms with Crippen molar-refractivity contribution in [1.82, 2.24) is 4.90 Å². The average molecular weight is 336 g/mol. The average Bonchev–Trinajstić information content (AvgIpc) is 2.80. The molecule has 0 aliphatic carbocycles. The van der Waals surface area contributed by atoms with Gasteiger partial charge < -0.3 is 0 Å². The van der Waals surface area contributed by atoms with Gasteiger partial charge in [0.05, 0.1) is 16.8 Å². The van der Waals surface area contributed by atoms with Crippen LogP contribution in [0.2, 0.25) is 0 Å². The Labute approximate surface area is 123 Å². The van der Waals surface area contributed by atoms with E-state index < -0.39 is 0 Å². The second-order valence-corrected chi connectivity index (χ2v) is 6.87. The lowest BCUT2D eigenvalue weighted by atomic mass is 9.98. The summed E-state index contributed by atoms with van der Waals surface area (Å²) in [5, 5.41) is 0. The van der Waals surface area contributed by atoms with E-state index in [1.54, 1.807) is 6.07 Å². The van der Waals surface area contributed by atoms with E-state index in [1.165, 1.54) is 16.2 Å². The van der Waals surface area contributed by atoms with Gasteiger partial charge in [-0.05, 0) is 39.7 Å². The molecular formula is C14H10BrNO2S. The molecular weight excluding hydrogens is 326 g/mol. The zero-order valence-electron chi connectivity index (χ0n) is 9.93. The minimum atomic E-state index is -0.198. The molecule has 1 aliphatic heterocycles. The van der Waals surface area contributed by atoms with E-state index in [1.807, 2.05) is 30.3 Å². The fourth-order valence-corrected chi connectivity index (χ4v) is 3.62. The van der Waals surface area contributed by atoms with Gasteiger partial charge in [0.25, 0.3) is 5.91 Å². The van der Waals surface area contributed by atoms with Crippen molar-refractivity contribution in [1.29, 1.82) is 0 Å². The van der Waals surface area contributed by atoms with Crippen molar-refractivity contribution in [3.8, 4) is 0 Å². The molecule has 2 heterocycles. The highest BCUT2D eigenvalue weighted by molar-refractivity contribution is 9.11. The lowest BCUT2D eigenvalue weighted by molar-refractivity contribution is -0.128. The van der Waals surface area contributed by atoms with Crippen molar-refractivity contribution in [3.63, 3.8) is 0 Å². The summed E-state index contributed by atoms with van der Waals surface area (Å²) in [5.41, 5.74) is 1.46. The van der Waals surface area contributed by atoms with E-state index in [4.69, 9.17) is 0 Å². The first-order chi connectivity index (χ1) is 9.15. The van der Waals surface area contributed by atoms with Crippen LogP contribution in [-0.2, 0) is 17.8 Å². The molecule has 0 fully saturated rings. The van der Waals surface area contributed by atoms with Crippen molar-refractivity contribution in [2.45, 2.75) is 13.0 Å². The number of thiophene rings is 1. The Bertz CT molecular complexity index is 665. The van der Waals surface area contributed by atoms with Crippen molar-refractivity contribution >= 4 is 39.1 Å². The van der Waals surface area contributed by atoms with Gasteiger partial charge in [0.1, 0.15) is 0 Å². The Morgan fingerprint density at radius 1 is 1.16 bits per heavy atom. The molecule has 0 bridgehead atoms. The van der Waals surface area contributed by atoms with Gasteiger partial charge in [0.15, 0.2) is 0 Å². The number of carbonyl (C=O) groups is 2. The summed E-state index contributed by atoms with van der Waals surface area (Å²) in [4.78, 5) is 26.7. The van der Waals surface area contributed by atoms with Crippen LogP contribution in [0, 0.1) is 0 Å². The van der Waals surface area contributed by atoms with Crippen LogP contribution >= 0.6 is 27.3 Å². The van der Waals surface area contributed by atoms with E-state index >= 15 is 0 Å². The Kier molecular flexibility index (Phi) is 3.24. The summed E-state index contributed by atoms with van der Waals surface area (Å²) in [6.07, 6.45) is 0.300. The quantitative estimate of drug-likeness (QED) is 0.790. The van der Waals surface area contributed by atoms with Crippen LogP contribution in [0.5, 0.6) is 0 Å². The van der Waals surface area contributed by atoms with Crippen LogP contribution in [0.4, 0.5) is 0 Å². The standard InChI is InChI=1S/C14H10BrNO2S/c15-12-6-5-10(19-12)8-16-13(17)7-9-3-1-2-4-11(9)14(16)18/h1-6H,7-8H2. The maximum Gasteiger partial charge on any atom is 0.261 e. The molecule has 3 rings (SSSR count). The Hall–Kier alpha value is -1.46. The molecule has 0 spiro atoms. The summed E-state index contributed by atoms with van der Waals surface area (Å²) >= 11 is 4.92. The third-order valence-corrected chi connectivity index (χ3v) is 4.69. The van der Waals surface area contributed by atoms with E-state index in [2.05, 4.69) is 15.9 Å². The normalized spacial score (nSPS) is 14.7. The number of imide groups is 1. The molecule has 0 atom stereocenters. The molecule has 19 heavy (non-hydrogen) atoms. The fraction of sp³-hybridized carbons (Fsp3) is 0.143. The molecule has 96 valence electrons. The van der Waals surface area contributed by atoms with Crippen LogP contribution in [0.25, 0.3) is 0 Å². The monoisotopic (exact) mass is 335 g/mol. The number of nitrogens with zero attached hydrogens (tertiary/aromatic N) is 1. The highest BCUT2D eigenvalue weighted by Crippen LogP contribution is 2.26. The third kappa shape index (κ3) is 2.35. The number of hydrogen-bond acceptors (Lipinski definition) is 3. The molecule has 0 radical (unpaired) electrons. The summed E-state index contributed by atoms with van der Waals surface area (Å²) in [6, 6.07) is 11.1. The molecule has 1 aromatic carbocycles. The minimum Gasteiger partial charge on any atom is -0.274 e. The maximum absolute atomic E-state index is 12.3. The highest BCUT2D eigenvalue weighted by Gasteiger charge is 2.30. The predicted octanol–water partition coefficient (Wildman–Crippen LogP) is 3.24. The first-order valence-corrected chi connectivity index (χ1v) is 7.43. The van der Waals surface area contributed by atoms with Crippen LogP contribution in [0.1, 0.15) is 20.8 Å². The van der Waals surface area contributed by atoms with Gasteiger partial charge in [-0.3, -0.25) is 14.5 Å². The molecule has 0 saturated carbocycles. The summed E-state index contributed by atoms with van der Waals surface area (Å²) < 4.78 is 1.000. The third-order valence-electron chi connectivity index (χ3n) is 3.08. The number of benzene rings is 1. The number of carbonyl (C=O) groups excluding carboxylic acids is 2. The molecule has 3 nitrogen and oxygen atoms in total. The molecule has 0 saturated heterocycles. The van der Waals surface area contributed by atoms with Crippen molar-refractivity contribution in [2.24, 2.45) is 0 Å². The zero-order chi connectivity index (χ0) is 13.4. The highest BCUT2D eigenvalue weighted by atomic mass is 79.9. The lowest BCUT2D eigenvalue weighted by Gasteiger charge is -2.26. The summed E-state index contributed by atoms with van der Waals surface area (Å²) in [7, 11) is 0. The first kappa shape index (κ1) is 12.6. The van der Waals surface area contributed by atoms with Crippen LogP contribution in [0.3, 0.4) is 0 Å².